The second-order valence-corrected chi connectivity index (χ2v) is 5.27. The fourth-order valence-corrected chi connectivity index (χ4v) is 2.94. The van der Waals surface area contributed by atoms with Gasteiger partial charge in [-0.15, -0.1) is 0 Å². The van der Waals surface area contributed by atoms with E-state index in [0.717, 1.165) is 11.5 Å². The average Bonchev–Trinajstić information content (AvgIpc) is 2.38. The van der Waals surface area contributed by atoms with E-state index in [4.69, 9.17) is 5.73 Å². The lowest BCUT2D eigenvalue weighted by molar-refractivity contribution is 0.239. The van der Waals surface area contributed by atoms with Crippen LogP contribution in [0.25, 0.3) is 0 Å². The Balaban J connectivity index is 1.99. The van der Waals surface area contributed by atoms with Crippen molar-refractivity contribution in [3.63, 3.8) is 0 Å². The molecule has 0 aromatic heterocycles. The quantitative estimate of drug-likeness (QED) is 0.840. The maximum atomic E-state index is 13.2. The second-order valence-electron chi connectivity index (χ2n) is 5.27. The molecule has 0 saturated heterocycles. The Labute approximate surface area is 103 Å². The molecule has 0 spiro atoms. The molecule has 1 aromatic carbocycles. The molecule has 94 valence electrons. The van der Waals surface area contributed by atoms with Crippen LogP contribution in [0.2, 0.25) is 0 Å². The van der Waals surface area contributed by atoms with Gasteiger partial charge in [0.15, 0.2) is 0 Å². The molecule has 0 aliphatic heterocycles. The second kappa shape index (κ2) is 5.63. The molecule has 1 fully saturated rings. The van der Waals surface area contributed by atoms with Crippen LogP contribution in [0.5, 0.6) is 0 Å². The third kappa shape index (κ3) is 3.06. The highest BCUT2D eigenvalue weighted by atomic mass is 19.1. The van der Waals surface area contributed by atoms with Gasteiger partial charge in [0.1, 0.15) is 5.82 Å². The molecule has 1 aliphatic carbocycles. The van der Waals surface area contributed by atoms with Crippen molar-refractivity contribution < 1.29 is 4.39 Å². The number of hydrogen-bond acceptors (Lipinski definition) is 1. The Kier molecular flexibility index (Phi) is 4.16. The first kappa shape index (κ1) is 12.6. The summed E-state index contributed by atoms with van der Waals surface area (Å²) in [6.45, 7) is 2.26. The van der Waals surface area contributed by atoms with Crippen molar-refractivity contribution >= 4 is 0 Å². The van der Waals surface area contributed by atoms with Gasteiger partial charge in [0.05, 0.1) is 0 Å². The molecule has 1 atom stereocenters. The van der Waals surface area contributed by atoms with Crippen LogP contribution in [0.4, 0.5) is 4.39 Å². The first-order chi connectivity index (χ1) is 8.20. The van der Waals surface area contributed by atoms with Gasteiger partial charge >= 0.3 is 0 Å². The molecule has 1 aliphatic rings. The number of rotatable bonds is 3. The largest absolute Gasteiger partial charge is 0.324 e. The summed E-state index contributed by atoms with van der Waals surface area (Å²) in [6, 6.07) is 6.76. The van der Waals surface area contributed by atoms with Crippen LogP contribution in [-0.2, 0) is 0 Å². The van der Waals surface area contributed by atoms with Crippen molar-refractivity contribution in [2.75, 3.05) is 0 Å². The van der Waals surface area contributed by atoms with E-state index in [9.17, 15) is 4.39 Å². The van der Waals surface area contributed by atoms with Crippen molar-refractivity contribution in [2.45, 2.75) is 45.1 Å². The number of hydrogen-bond donors (Lipinski definition) is 1. The number of halogens is 1. The summed E-state index contributed by atoms with van der Waals surface area (Å²) >= 11 is 0. The van der Waals surface area contributed by atoms with Crippen molar-refractivity contribution in [1.82, 2.24) is 0 Å². The number of nitrogens with two attached hydrogens (primary N) is 1. The molecule has 2 N–H and O–H groups in total. The Bertz CT molecular complexity index is 356. The van der Waals surface area contributed by atoms with Crippen molar-refractivity contribution in [1.29, 1.82) is 0 Å². The highest BCUT2D eigenvalue weighted by Crippen LogP contribution is 2.36. The fourth-order valence-electron chi connectivity index (χ4n) is 2.94. The lowest BCUT2D eigenvalue weighted by Gasteiger charge is -2.32. The van der Waals surface area contributed by atoms with Crippen molar-refractivity contribution in [3.05, 3.63) is 35.6 Å². The van der Waals surface area contributed by atoms with Crippen LogP contribution in [0, 0.1) is 17.7 Å². The normalized spacial score (nSPS) is 26.8. The molecule has 1 unspecified atom stereocenters. The van der Waals surface area contributed by atoms with E-state index >= 15 is 0 Å². The van der Waals surface area contributed by atoms with Gasteiger partial charge in [0.25, 0.3) is 0 Å². The van der Waals surface area contributed by atoms with E-state index < -0.39 is 0 Å². The molecule has 1 nitrogen and oxygen atoms in total. The van der Waals surface area contributed by atoms with Crippen LogP contribution < -0.4 is 5.73 Å². The monoisotopic (exact) mass is 235 g/mol. The lowest BCUT2D eigenvalue weighted by Crippen LogP contribution is -2.26. The van der Waals surface area contributed by atoms with E-state index in [-0.39, 0.29) is 11.9 Å². The summed E-state index contributed by atoms with van der Waals surface area (Å²) in [5.41, 5.74) is 7.21. The molecule has 0 amide bonds. The summed E-state index contributed by atoms with van der Waals surface area (Å²) in [4.78, 5) is 0. The molecule has 2 rings (SSSR count). The van der Waals surface area contributed by atoms with Gasteiger partial charge in [0, 0.05) is 6.04 Å². The minimum Gasteiger partial charge on any atom is -0.324 e. The van der Waals surface area contributed by atoms with Crippen LogP contribution in [0.15, 0.2) is 24.3 Å². The van der Waals surface area contributed by atoms with Gasteiger partial charge in [-0.3, -0.25) is 0 Å². The highest BCUT2D eigenvalue weighted by Gasteiger charge is 2.25. The Morgan fingerprint density at radius 3 is 2.59 bits per heavy atom. The molecular formula is C15H22FN. The maximum absolute atomic E-state index is 13.2. The van der Waals surface area contributed by atoms with Crippen LogP contribution in [-0.4, -0.2) is 0 Å². The molecule has 0 radical (unpaired) electrons. The van der Waals surface area contributed by atoms with E-state index in [1.807, 2.05) is 6.07 Å². The minimum absolute atomic E-state index is 0.00325. The third-order valence-electron chi connectivity index (χ3n) is 4.21. The Hall–Kier alpha value is -0.890. The van der Waals surface area contributed by atoms with Gasteiger partial charge in [-0.05, 0) is 42.4 Å². The summed E-state index contributed by atoms with van der Waals surface area (Å²) in [7, 11) is 0. The van der Waals surface area contributed by atoms with Crippen LogP contribution in [0.1, 0.15) is 50.6 Å². The molecule has 1 aromatic rings. The van der Waals surface area contributed by atoms with Crippen molar-refractivity contribution in [2.24, 2.45) is 17.6 Å². The van der Waals surface area contributed by atoms with E-state index in [1.54, 1.807) is 12.1 Å². The third-order valence-corrected chi connectivity index (χ3v) is 4.21. The van der Waals surface area contributed by atoms with Gasteiger partial charge in [-0.25, -0.2) is 4.39 Å². The van der Waals surface area contributed by atoms with Crippen LogP contribution >= 0.6 is 0 Å². The van der Waals surface area contributed by atoms with Crippen LogP contribution in [0.3, 0.4) is 0 Å². The SMILES string of the molecule is CCC1CCC(C(N)c2cccc(F)c2)CC1. The number of benzene rings is 1. The van der Waals surface area contributed by atoms with Gasteiger partial charge < -0.3 is 5.73 Å². The Morgan fingerprint density at radius 1 is 1.29 bits per heavy atom. The zero-order chi connectivity index (χ0) is 12.3. The standard InChI is InChI=1S/C15H22FN/c1-2-11-6-8-12(9-7-11)15(17)13-4-3-5-14(16)10-13/h3-5,10-12,15H,2,6-9,17H2,1H3. The Morgan fingerprint density at radius 2 is 2.00 bits per heavy atom. The van der Waals surface area contributed by atoms with E-state index in [2.05, 4.69) is 6.92 Å². The molecule has 1 saturated carbocycles. The minimum atomic E-state index is -0.180. The summed E-state index contributed by atoms with van der Waals surface area (Å²) in [5.74, 6) is 1.23. The van der Waals surface area contributed by atoms with Gasteiger partial charge in [0.2, 0.25) is 0 Å². The average molecular weight is 235 g/mol. The fraction of sp³-hybridized carbons (Fsp3) is 0.600. The van der Waals surface area contributed by atoms with Crippen molar-refractivity contribution in [3.8, 4) is 0 Å². The maximum Gasteiger partial charge on any atom is 0.123 e. The molecule has 17 heavy (non-hydrogen) atoms. The first-order valence-electron chi connectivity index (χ1n) is 6.71. The smallest absolute Gasteiger partial charge is 0.123 e. The lowest BCUT2D eigenvalue weighted by atomic mass is 9.76. The molecule has 2 heteroatoms. The topological polar surface area (TPSA) is 26.0 Å². The summed E-state index contributed by atoms with van der Waals surface area (Å²) < 4.78 is 13.2. The van der Waals surface area contributed by atoms with Gasteiger partial charge in [-0.1, -0.05) is 38.3 Å². The van der Waals surface area contributed by atoms with E-state index in [1.165, 1.54) is 38.2 Å². The molecule has 0 bridgehead atoms. The predicted octanol–water partition coefficient (Wildman–Crippen LogP) is 4.04. The zero-order valence-corrected chi connectivity index (χ0v) is 10.5. The zero-order valence-electron chi connectivity index (χ0n) is 10.5. The molecular weight excluding hydrogens is 213 g/mol. The van der Waals surface area contributed by atoms with Gasteiger partial charge in [-0.2, -0.15) is 0 Å². The highest BCUT2D eigenvalue weighted by molar-refractivity contribution is 5.20. The molecule has 0 heterocycles. The predicted molar refractivity (Wildman–Crippen MR) is 69.1 cm³/mol. The first-order valence-corrected chi connectivity index (χ1v) is 6.71. The summed E-state index contributed by atoms with van der Waals surface area (Å²) in [6.07, 6.45) is 6.22. The summed E-state index contributed by atoms with van der Waals surface area (Å²) in [5, 5.41) is 0. The van der Waals surface area contributed by atoms with E-state index in [0.29, 0.717) is 5.92 Å².